The molecule has 1 saturated heterocycles. The van der Waals surface area contributed by atoms with Crippen LogP contribution >= 0.6 is 0 Å². The summed E-state index contributed by atoms with van der Waals surface area (Å²) < 4.78 is 0. The van der Waals surface area contributed by atoms with Crippen molar-refractivity contribution in [3.8, 4) is 6.07 Å². The number of likely N-dealkylation sites (tertiary alicyclic amines) is 1. The van der Waals surface area contributed by atoms with Crippen LogP contribution in [0.5, 0.6) is 0 Å². The van der Waals surface area contributed by atoms with Gasteiger partial charge in [0.05, 0.1) is 17.6 Å². The fraction of sp³-hybridized carbons (Fsp3) is 0.941. The molecular formula is C17H30N2O. The van der Waals surface area contributed by atoms with Crippen LogP contribution in [0.2, 0.25) is 0 Å². The molecule has 3 heteroatoms. The predicted molar refractivity (Wildman–Crippen MR) is 81.2 cm³/mol. The number of nitrogens with zero attached hydrogens (tertiary/aromatic N) is 2. The standard InChI is InChI=1S/C17H30N2O/c1-3-5-14-6-7-15(13-18)16(12-14)19-10-4-8-17(2,20)9-11-19/h14-16,20H,3-12H2,1-2H3. The zero-order valence-corrected chi connectivity index (χ0v) is 13.1. The van der Waals surface area contributed by atoms with Gasteiger partial charge >= 0.3 is 0 Å². The second-order valence-corrected chi connectivity index (χ2v) is 7.16. The van der Waals surface area contributed by atoms with Crippen molar-refractivity contribution in [2.45, 2.75) is 76.9 Å². The minimum Gasteiger partial charge on any atom is -0.390 e. The minimum absolute atomic E-state index is 0.200. The molecule has 20 heavy (non-hydrogen) atoms. The van der Waals surface area contributed by atoms with E-state index >= 15 is 0 Å². The lowest BCUT2D eigenvalue weighted by molar-refractivity contribution is 0.0385. The molecular weight excluding hydrogens is 248 g/mol. The van der Waals surface area contributed by atoms with Crippen molar-refractivity contribution in [3.05, 3.63) is 0 Å². The molecule has 4 unspecified atom stereocenters. The summed E-state index contributed by atoms with van der Waals surface area (Å²) in [5.41, 5.74) is -0.506. The Morgan fingerprint density at radius 3 is 2.80 bits per heavy atom. The average molecular weight is 278 g/mol. The van der Waals surface area contributed by atoms with E-state index < -0.39 is 5.60 Å². The lowest BCUT2D eigenvalue weighted by Gasteiger charge is -2.40. The largest absolute Gasteiger partial charge is 0.390 e. The first kappa shape index (κ1) is 15.8. The van der Waals surface area contributed by atoms with Crippen molar-refractivity contribution in [2.24, 2.45) is 11.8 Å². The van der Waals surface area contributed by atoms with Crippen LogP contribution in [0, 0.1) is 23.2 Å². The lowest BCUT2D eigenvalue weighted by atomic mass is 9.76. The monoisotopic (exact) mass is 278 g/mol. The maximum Gasteiger partial charge on any atom is 0.0672 e. The van der Waals surface area contributed by atoms with Crippen LogP contribution in [0.25, 0.3) is 0 Å². The van der Waals surface area contributed by atoms with Crippen LogP contribution in [0.3, 0.4) is 0 Å². The molecule has 1 saturated carbocycles. The highest BCUT2D eigenvalue weighted by atomic mass is 16.3. The highest BCUT2D eigenvalue weighted by Crippen LogP contribution is 2.36. The topological polar surface area (TPSA) is 47.3 Å². The van der Waals surface area contributed by atoms with Crippen molar-refractivity contribution in [3.63, 3.8) is 0 Å². The van der Waals surface area contributed by atoms with E-state index in [0.29, 0.717) is 6.04 Å². The van der Waals surface area contributed by atoms with Gasteiger partial charge in [0.15, 0.2) is 0 Å². The summed E-state index contributed by atoms with van der Waals surface area (Å²) in [5.74, 6) is 1.00. The van der Waals surface area contributed by atoms with E-state index in [1.54, 1.807) is 0 Å². The minimum atomic E-state index is -0.506. The Hall–Kier alpha value is -0.590. The molecule has 114 valence electrons. The zero-order valence-electron chi connectivity index (χ0n) is 13.1. The number of nitriles is 1. The van der Waals surface area contributed by atoms with Crippen LogP contribution in [0.4, 0.5) is 0 Å². The molecule has 1 aliphatic carbocycles. The van der Waals surface area contributed by atoms with Gasteiger partial charge in [-0.1, -0.05) is 19.8 Å². The van der Waals surface area contributed by atoms with E-state index in [9.17, 15) is 10.4 Å². The van der Waals surface area contributed by atoms with Gasteiger partial charge in [-0.15, -0.1) is 0 Å². The summed E-state index contributed by atoms with van der Waals surface area (Å²) in [6.07, 6.45) is 8.84. The predicted octanol–water partition coefficient (Wildman–Crippen LogP) is 3.33. The van der Waals surface area contributed by atoms with E-state index in [1.807, 2.05) is 6.92 Å². The van der Waals surface area contributed by atoms with Crippen molar-refractivity contribution in [1.82, 2.24) is 4.90 Å². The Kier molecular flexibility index (Phi) is 5.46. The fourth-order valence-electron chi connectivity index (χ4n) is 4.07. The number of hydrogen-bond acceptors (Lipinski definition) is 3. The highest BCUT2D eigenvalue weighted by Gasteiger charge is 2.36. The Bertz CT molecular complexity index is 347. The zero-order chi connectivity index (χ0) is 14.6. The van der Waals surface area contributed by atoms with E-state index in [4.69, 9.17) is 0 Å². The molecule has 4 atom stereocenters. The second kappa shape index (κ2) is 6.91. The normalized spacial score (nSPS) is 40.0. The molecule has 0 aromatic carbocycles. The third-order valence-electron chi connectivity index (χ3n) is 5.36. The van der Waals surface area contributed by atoms with Gasteiger partial charge < -0.3 is 5.11 Å². The van der Waals surface area contributed by atoms with Crippen molar-refractivity contribution in [2.75, 3.05) is 13.1 Å². The molecule has 2 fully saturated rings. The van der Waals surface area contributed by atoms with Gasteiger partial charge in [0.2, 0.25) is 0 Å². The van der Waals surface area contributed by atoms with Crippen LogP contribution < -0.4 is 0 Å². The van der Waals surface area contributed by atoms with Crippen LogP contribution in [0.1, 0.15) is 65.2 Å². The maximum absolute atomic E-state index is 10.2. The van der Waals surface area contributed by atoms with Crippen LogP contribution in [0.15, 0.2) is 0 Å². The third kappa shape index (κ3) is 3.96. The molecule has 0 amide bonds. The van der Waals surface area contributed by atoms with E-state index in [2.05, 4.69) is 17.9 Å². The number of rotatable bonds is 3. The molecule has 3 nitrogen and oxygen atoms in total. The van der Waals surface area contributed by atoms with Gasteiger partial charge in [0.1, 0.15) is 0 Å². The van der Waals surface area contributed by atoms with Gasteiger partial charge in [-0.3, -0.25) is 4.90 Å². The van der Waals surface area contributed by atoms with Crippen LogP contribution in [-0.4, -0.2) is 34.7 Å². The quantitative estimate of drug-likeness (QED) is 0.861. The van der Waals surface area contributed by atoms with Crippen molar-refractivity contribution >= 4 is 0 Å². The Balaban J connectivity index is 2.01. The molecule has 0 aromatic heterocycles. The average Bonchev–Trinajstić information content (AvgIpc) is 2.60. The molecule has 0 spiro atoms. The Morgan fingerprint density at radius 2 is 2.10 bits per heavy atom. The second-order valence-electron chi connectivity index (χ2n) is 7.16. The lowest BCUT2D eigenvalue weighted by Crippen LogP contribution is -2.45. The van der Waals surface area contributed by atoms with Gasteiger partial charge in [-0.2, -0.15) is 5.26 Å². The van der Waals surface area contributed by atoms with Gasteiger partial charge in [0, 0.05) is 12.6 Å². The molecule has 2 aliphatic rings. The third-order valence-corrected chi connectivity index (χ3v) is 5.36. The van der Waals surface area contributed by atoms with Gasteiger partial charge in [-0.25, -0.2) is 0 Å². The SMILES string of the molecule is CCCC1CCC(C#N)C(N2CCCC(C)(O)CC2)C1. The summed E-state index contributed by atoms with van der Waals surface area (Å²) in [6, 6.07) is 2.98. The Morgan fingerprint density at radius 1 is 1.30 bits per heavy atom. The van der Waals surface area contributed by atoms with E-state index in [0.717, 1.165) is 44.7 Å². The van der Waals surface area contributed by atoms with Gasteiger partial charge in [-0.05, 0) is 57.9 Å². The summed E-state index contributed by atoms with van der Waals surface area (Å²) >= 11 is 0. The highest BCUT2D eigenvalue weighted by molar-refractivity contribution is 4.98. The first-order chi connectivity index (χ1) is 9.55. The fourth-order valence-corrected chi connectivity index (χ4v) is 4.07. The first-order valence-corrected chi connectivity index (χ1v) is 8.42. The Labute approximate surface area is 124 Å². The number of hydrogen-bond donors (Lipinski definition) is 1. The van der Waals surface area contributed by atoms with Crippen molar-refractivity contribution < 1.29 is 5.11 Å². The molecule has 0 bridgehead atoms. The van der Waals surface area contributed by atoms with E-state index in [-0.39, 0.29) is 5.92 Å². The van der Waals surface area contributed by atoms with E-state index in [1.165, 1.54) is 25.7 Å². The molecule has 1 heterocycles. The molecule has 0 radical (unpaired) electrons. The molecule has 0 aromatic rings. The summed E-state index contributed by atoms with van der Waals surface area (Å²) in [5, 5.41) is 19.7. The van der Waals surface area contributed by atoms with Crippen LogP contribution in [-0.2, 0) is 0 Å². The number of aliphatic hydroxyl groups is 1. The van der Waals surface area contributed by atoms with Gasteiger partial charge in [0.25, 0.3) is 0 Å². The summed E-state index contributed by atoms with van der Waals surface area (Å²) in [7, 11) is 0. The maximum atomic E-state index is 10.2. The van der Waals surface area contributed by atoms with Crippen molar-refractivity contribution in [1.29, 1.82) is 5.26 Å². The summed E-state index contributed by atoms with van der Waals surface area (Å²) in [6.45, 7) is 6.22. The summed E-state index contributed by atoms with van der Waals surface area (Å²) in [4.78, 5) is 2.51. The first-order valence-electron chi connectivity index (χ1n) is 8.42. The molecule has 1 N–H and O–H groups in total. The molecule has 1 aliphatic heterocycles. The smallest absolute Gasteiger partial charge is 0.0672 e. The molecule has 2 rings (SSSR count).